The molecule has 31 heavy (non-hydrogen) atoms. The number of thiophene rings is 1. The first-order valence-corrected chi connectivity index (χ1v) is 13.4. The van der Waals surface area contributed by atoms with Gasteiger partial charge in [-0.3, -0.25) is 4.79 Å². The maximum Gasteiger partial charge on any atom is 0.222 e. The van der Waals surface area contributed by atoms with Crippen LogP contribution in [0, 0.1) is 6.92 Å². The summed E-state index contributed by atoms with van der Waals surface area (Å²) in [6, 6.07) is 10.3. The molecule has 1 aliphatic carbocycles. The zero-order chi connectivity index (χ0) is 21.4. The number of primary amides is 1. The normalized spacial score (nSPS) is 13.1. The van der Waals surface area contributed by atoms with Crippen LogP contribution >= 0.6 is 46.2 Å². The highest BCUT2D eigenvalue weighted by molar-refractivity contribution is 8.01. The number of carbonyl (C=O) groups is 1. The van der Waals surface area contributed by atoms with Gasteiger partial charge in [-0.05, 0) is 55.6 Å². The van der Waals surface area contributed by atoms with Crippen molar-refractivity contribution >= 4 is 62.3 Å². The highest BCUT2D eigenvalue weighted by Crippen LogP contribution is 2.43. The molecular formula is C22H20N4OS4. The topological polar surface area (TPSA) is 81.8 Å². The minimum absolute atomic E-state index is 0.232. The second kappa shape index (κ2) is 8.90. The molecule has 0 fully saturated rings. The molecule has 0 saturated carbocycles. The van der Waals surface area contributed by atoms with Crippen LogP contribution in [0.5, 0.6) is 0 Å². The molecule has 0 bridgehead atoms. The molecule has 0 spiro atoms. The largest absolute Gasteiger partial charge is 0.369 e. The van der Waals surface area contributed by atoms with Gasteiger partial charge in [-0.1, -0.05) is 18.2 Å². The first-order chi connectivity index (χ1) is 15.1. The van der Waals surface area contributed by atoms with Crippen LogP contribution in [0.15, 0.2) is 44.6 Å². The van der Waals surface area contributed by atoms with E-state index in [0.717, 1.165) is 49.2 Å². The lowest BCUT2D eigenvalue weighted by Crippen LogP contribution is -2.13. The van der Waals surface area contributed by atoms with E-state index in [2.05, 4.69) is 17.1 Å². The van der Waals surface area contributed by atoms with Gasteiger partial charge in [0.2, 0.25) is 5.91 Å². The van der Waals surface area contributed by atoms with Crippen molar-refractivity contribution in [2.24, 2.45) is 5.73 Å². The van der Waals surface area contributed by atoms with Crippen LogP contribution in [0.4, 0.5) is 0 Å². The highest BCUT2D eigenvalue weighted by atomic mass is 32.2. The summed E-state index contributed by atoms with van der Waals surface area (Å²) >= 11 is 6.68. The van der Waals surface area contributed by atoms with Crippen LogP contribution in [0.25, 0.3) is 10.2 Å². The molecule has 0 radical (unpaired) electrons. The van der Waals surface area contributed by atoms with Gasteiger partial charge in [0.25, 0.3) is 0 Å². The van der Waals surface area contributed by atoms with E-state index in [-0.39, 0.29) is 12.3 Å². The van der Waals surface area contributed by atoms with E-state index in [9.17, 15) is 4.79 Å². The fourth-order valence-corrected chi connectivity index (χ4v) is 8.10. The molecular weight excluding hydrogens is 465 g/mol. The summed E-state index contributed by atoms with van der Waals surface area (Å²) in [5, 5.41) is 2.17. The number of hydrogen-bond donors (Lipinski definition) is 1. The smallest absolute Gasteiger partial charge is 0.222 e. The van der Waals surface area contributed by atoms with Crippen LogP contribution in [-0.2, 0) is 29.8 Å². The van der Waals surface area contributed by atoms with Crippen LogP contribution in [-0.4, -0.2) is 20.9 Å². The molecule has 0 aliphatic heterocycles. The van der Waals surface area contributed by atoms with Crippen molar-refractivity contribution in [3.8, 4) is 0 Å². The molecule has 5 nitrogen and oxygen atoms in total. The molecule has 1 aliphatic rings. The maximum atomic E-state index is 11.4. The number of nitrogens with zero attached hydrogens (tertiary/aromatic N) is 3. The molecule has 3 heterocycles. The maximum absolute atomic E-state index is 11.4. The highest BCUT2D eigenvalue weighted by Gasteiger charge is 2.24. The van der Waals surface area contributed by atoms with Crippen LogP contribution in [0.1, 0.15) is 33.3 Å². The monoisotopic (exact) mass is 484 g/mol. The Kier molecular flexibility index (Phi) is 6.01. The minimum atomic E-state index is -0.330. The molecule has 3 aromatic heterocycles. The molecule has 0 atom stereocenters. The standard InChI is InChI=1S/C22H20N4OS4/c1-12-16(10-17(23)27)30-22(24-12)31-21-19-14-8-5-9-15(14)29-20(19)25-18(26-21)11-28-13-6-3-2-4-7-13/h2-4,6-7H,5,8-11H2,1H3,(H2,23,27). The number of carbonyl (C=O) groups excluding carboxylic acids is 1. The van der Waals surface area contributed by atoms with E-state index in [1.165, 1.54) is 38.5 Å². The van der Waals surface area contributed by atoms with Crippen LogP contribution in [0.2, 0.25) is 0 Å². The Morgan fingerprint density at radius 1 is 1.13 bits per heavy atom. The van der Waals surface area contributed by atoms with Gasteiger partial charge in [-0.2, -0.15) is 0 Å². The zero-order valence-electron chi connectivity index (χ0n) is 16.9. The number of fused-ring (bicyclic) bond motifs is 3. The molecule has 9 heteroatoms. The minimum Gasteiger partial charge on any atom is -0.369 e. The van der Waals surface area contributed by atoms with Crippen molar-refractivity contribution in [2.45, 2.75) is 52.6 Å². The lowest BCUT2D eigenvalue weighted by Gasteiger charge is -2.06. The number of amides is 1. The van der Waals surface area contributed by atoms with Gasteiger partial charge >= 0.3 is 0 Å². The van der Waals surface area contributed by atoms with Crippen molar-refractivity contribution in [3.63, 3.8) is 0 Å². The summed E-state index contributed by atoms with van der Waals surface area (Å²) in [4.78, 5) is 30.6. The number of aryl methyl sites for hydroxylation is 3. The Balaban J connectivity index is 1.50. The number of benzene rings is 1. The summed E-state index contributed by atoms with van der Waals surface area (Å²) < 4.78 is 0.897. The van der Waals surface area contributed by atoms with Crippen molar-refractivity contribution in [1.29, 1.82) is 0 Å². The third-order valence-corrected chi connectivity index (χ3v) is 9.48. The molecule has 2 N–H and O–H groups in total. The summed E-state index contributed by atoms with van der Waals surface area (Å²) in [6.07, 6.45) is 3.66. The van der Waals surface area contributed by atoms with Crippen molar-refractivity contribution < 1.29 is 4.79 Å². The van der Waals surface area contributed by atoms with Gasteiger partial charge < -0.3 is 5.73 Å². The van der Waals surface area contributed by atoms with Crippen molar-refractivity contribution in [3.05, 3.63) is 57.2 Å². The van der Waals surface area contributed by atoms with Gasteiger partial charge in [0.05, 0.1) is 17.9 Å². The predicted octanol–water partition coefficient (Wildman–Crippen LogP) is 5.42. The van der Waals surface area contributed by atoms with E-state index in [0.29, 0.717) is 0 Å². The molecule has 0 unspecified atom stereocenters. The van der Waals surface area contributed by atoms with Crippen LogP contribution in [0.3, 0.4) is 0 Å². The van der Waals surface area contributed by atoms with Gasteiger partial charge in [0, 0.05) is 20.0 Å². The number of nitrogens with two attached hydrogens (primary N) is 1. The van der Waals surface area contributed by atoms with Gasteiger partial charge in [0.1, 0.15) is 15.7 Å². The third kappa shape index (κ3) is 4.50. The Hall–Kier alpha value is -1.94. The number of thioether (sulfide) groups is 1. The van der Waals surface area contributed by atoms with Gasteiger partial charge in [-0.25, -0.2) is 15.0 Å². The number of thiazole rings is 1. The summed E-state index contributed by atoms with van der Waals surface area (Å²) in [7, 11) is 0. The average Bonchev–Trinajstić information content (AvgIpc) is 3.41. The SMILES string of the molecule is Cc1nc(Sc2nc(CSc3ccccc3)nc3sc4c(c23)CCC4)sc1CC(N)=O. The lowest BCUT2D eigenvalue weighted by molar-refractivity contribution is -0.117. The zero-order valence-corrected chi connectivity index (χ0v) is 20.1. The van der Waals surface area contributed by atoms with Crippen LogP contribution < -0.4 is 5.73 Å². The summed E-state index contributed by atoms with van der Waals surface area (Å²) in [5.74, 6) is 1.23. The molecule has 0 saturated heterocycles. The Morgan fingerprint density at radius 3 is 2.77 bits per heavy atom. The second-order valence-corrected chi connectivity index (χ2v) is 11.8. The first-order valence-electron chi connectivity index (χ1n) is 9.98. The molecule has 1 aromatic carbocycles. The number of aromatic nitrogens is 3. The average molecular weight is 485 g/mol. The van der Waals surface area contributed by atoms with Crippen molar-refractivity contribution in [2.75, 3.05) is 0 Å². The van der Waals surface area contributed by atoms with E-state index in [1.54, 1.807) is 23.5 Å². The van der Waals surface area contributed by atoms with E-state index in [1.807, 2.05) is 36.5 Å². The lowest BCUT2D eigenvalue weighted by atomic mass is 10.2. The molecule has 5 rings (SSSR count). The Labute approximate surface area is 196 Å². The third-order valence-electron chi connectivity index (χ3n) is 5.08. The first kappa shape index (κ1) is 20.9. The fraction of sp³-hybridized carbons (Fsp3) is 0.273. The second-order valence-electron chi connectivity index (χ2n) is 7.32. The molecule has 4 aromatic rings. The van der Waals surface area contributed by atoms with E-state index < -0.39 is 0 Å². The van der Waals surface area contributed by atoms with E-state index in [4.69, 9.17) is 15.7 Å². The summed E-state index contributed by atoms with van der Waals surface area (Å²) in [5.41, 5.74) is 7.67. The van der Waals surface area contributed by atoms with Gasteiger partial charge in [-0.15, -0.1) is 34.4 Å². The van der Waals surface area contributed by atoms with Gasteiger partial charge in [0.15, 0.2) is 4.34 Å². The molecule has 1 amide bonds. The van der Waals surface area contributed by atoms with E-state index >= 15 is 0 Å². The Morgan fingerprint density at radius 2 is 1.97 bits per heavy atom. The predicted molar refractivity (Wildman–Crippen MR) is 129 cm³/mol. The quantitative estimate of drug-likeness (QED) is 0.279. The number of rotatable bonds is 7. The van der Waals surface area contributed by atoms with Crippen molar-refractivity contribution in [1.82, 2.24) is 15.0 Å². The summed E-state index contributed by atoms with van der Waals surface area (Å²) in [6.45, 7) is 1.93. The number of hydrogen-bond acceptors (Lipinski definition) is 8. The Bertz CT molecular complexity index is 1270. The molecule has 158 valence electrons. The fourth-order valence-electron chi connectivity index (χ4n) is 3.66.